The van der Waals surface area contributed by atoms with E-state index < -0.39 is 23.4 Å². The molecule has 0 aliphatic rings. The quantitative estimate of drug-likeness (QED) is 0.537. The first kappa shape index (κ1) is 16.0. The van der Waals surface area contributed by atoms with Gasteiger partial charge >= 0.3 is 11.9 Å². The molecule has 20 heavy (non-hydrogen) atoms. The van der Waals surface area contributed by atoms with E-state index in [2.05, 4.69) is 0 Å². The van der Waals surface area contributed by atoms with Gasteiger partial charge in [-0.15, -0.1) is 11.6 Å². The van der Waals surface area contributed by atoms with E-state index in [9.17, 15) is 24.6 Å². The highest BCUT2D eigenvalue weighted by Crippen LogP contribution is 2.17. The highest BCUT2D eigenvalue weighted by atomic mass is 35.5. The molecule has 1 rings (SSSR count). The van der Waals surface area contributed by atoms with Crippen LogP contribution in [0.15, 0.2) is 24.3 Å². The van der Waals surface area contributed by atoms with Gasteiger partial charge in [0.15, 0.2) is 0 Å². The highest BCUT2D eigenvalue weighted by molar-refractivity contribution is 6.17. The summed E-state index contributed by atoms with van der Waals surface area (Å²) in [6.07, 6.45) is -0.373. The lowest BCUT2D eigenvalue weighted by Gasteiger charge is -2.25. The molecule has 0 atom stereocenters. The average molecular weight is 300 g/mol. The molecule has 0 aliphatic carbocycles. The van der Waals surface area contributed by atoms with Gasteiger partial charge in [0, 0.05) is 19.2 Å². The van der Waals surface area contributed by atoms with Gasteiger partial charge in [0.05, 0.1) is 0 Å². The Hall–Kier alpha value is -2.08. The van der Waals surface area contributed by atoms with Crippen molar-refractivity contribution in [3.05, 3.63) is 35.4 Å². The third-order valence-corrected chi connectivity index (χ3v) is 3.04. The van der Waals surface area contributed by atoms with Crippen molar-refractivity contribution in [2.75, 3.05) is 0 Å². The fourth-order valence-corrected chi connectivity index (χ4v) is 1.99. The summed E-state index contributed by atoms with van der Waals surface area (Å²) in [7, 11) is 0. The number of nitrogens with one attached hydrogen (secondary N) is 1. The van der Waals surface area contributed by atoms with Crippen LogP contribution < -0.4 is 5.32 Å². The lowest BCUT2D eigenvalue weighted by atomic mass is 9.90. The first-order chi connectivity index (χ1) is 9.31. The van der Waals surface area contributed by atoms with Gasteiger partial charge in [0.25, 0.3) is 0 Å². The summed E-state index contributed by atoms with van der Waals surface area (Å²) in [6.45, 7) is 1.07. The Labute approximate surface area is 120 Å². The maximum absolute atomic E-state index is 11.3. The maximum Gasteiger partial charge on any atom is 0.341 e. The number of carbonyl (C=O) groups excluding carboxylic acids is 1. The van der Waals surface area contributed by atoms with E-state index in [1.165, 1.54) is 0 Å². The number of hydrogen-bond acceptors (Lipinski definition) is 3. The SMILES string of the molecule is CC(=O)NC(Cc1cccc(CCl)c1)(C(=O)O)C(=O)O. The van der Waals surface area contributed by atoms with Gasteiger partial charge in [0.2, 0.25) is 11.4 Å². The minimum atomic E-state index is -2.39. The van der Waals surface area contributed by atoms with E-state index in [-0.39, 0.29) is 12.3 Å². The molecule has 1 amide bonds. The number of alkyl halides is 1. The van der Waals surface area contributed by atoms with E-state index in [1.807, 2.05) is 5.32 Å². The molecular weight excluding hydrogens is 286 g/mol. The van der Waals surface area contributed by atoms with Crippen LogP contribution in [0.5, 0.6) is 0 Å². The van der Waals surface area contributed by atoms with Gasteiger partial charge in [-0.2, -0.15) is 0 Å². The van der Waals surface area contributed by atoms with Crippen LogP contribution in [0.2, 0.25) is 0 Å². The molecule has 0 bridgehead atoms. The van der Waals surface area contributed by atoms with Crippen molar-refractivity contribution in [2.45, 2.75) is 24.8 Å². The minimum absolute atomic E-state index is 0.223. The molecule has 0 heterocycles. The number of carbonyl (C=O) groups is 3. The number of carboxylic acids is 2. The number of amides is 1. The topological polar surface area (TPSA) is 104 Å². The Balaban J connectivity index is 3.20. The lowest BCUT2D eigenvalue weighted by molar-refractivity contribution is -0.161. The average Bonchev–Trinajstić information content (AvgIpc) is 2.37. The van der Waals surface area contributed by atoms with E-state index in [4.69, 9.17) is 11.6 Å². The summed E-state index contributed by atoms with van der Waals surface area (Å²) >= 11 is 5.68. The molecule has 3 N–H and O–H groups in total. The predicted octanol–water partition coefficient (Wildman–Crippen LogP) is 1.01. The van der Waals surface area contributed by atoms with Gasteiger partial charge in [-0.05, 0) is 11.1 Å². The highest BCUT2D eigenvalue weighted by Gasteiger charge is 2.47. The van der Waals surface area contributed by atoms with E-state index in [1.54, 1.807) is 24.3 Å². The molecule has 0 aliphatic heterocycles. The van der Waals surface area contributed by atoms with Crippen LogP contribution >= 0.6 is 11.6 Å². The van der Waals surface area contributed by atoms with Crippen molar-refractivity contribution >= 4 is 29.4 Å². The summed E-state index contributed by atoms with van der Waals surface area (Å²) in [5.74, 6) is -3.77. The fourth-order valence-electron chi connectivity index (χ4n) is 1.82. The molecule has 1 aromatic carbocycles. The zero-order chi connectivity index (χ0) is 15.3. The second-order valence-corrected chi connectivity index (χ2v) is 4.59. The van der Waals surface area contributed by atoms with Crippen LogP contribution in [0.3, 0.4) is 0 Å². The fraction of sp³-hybridized carbons (Fsp3) is 0.308. The van der Waals surface area contributed by atoms with Crippen LogP contribution in [0, 0.1) is 0 Å². The Kier molecular flexibility index (Phi) is 5.10. The second-order valence-electron chi connectivity index (χ2n) is 4.33. The zero-order valence-corrected chi connectivity index (χ0v) is 11.5. The van der Waals surface area contributed by atoms with Crippen LogP contribution in [0.4, 0.5) is 0 Å². The standard InChI is InChI=1S/C13H14ClNO5/c1-8(16)15-13(11(17)18,12(19)20)6-9-3-2-4-10(5-9)7-14/h2-5H,6-7H2,1H3,(H,15,16)(H,17,18)(H,19,20). The summed E-state index contributed by atoms with van der Waals surface area (Å²) in [6, 6.07) is 6.57. The molecule has 0 radical (unpaired) electrons. The third kappa shape index (κ3) is 3.48. The summed E-state index contributed by atoms with van der Waals surface area (Å²) in [4.78, 5) is 33.8. The lowest BCUT2D eigenvalue weighted by Crippen LogP contribution is -2.61. The normalized spacial score (nSPS) is 10.9. The Bertz CT molecular complexity index is 529. The molecule has 7 heteroatoms. The summed E-state index contributed by atoms with van der Waals surface area (Å²) in [5, 5.41) is 20.4. The van der Waals surface area contributed by atoms with Gasteiger partial charge in [0.1, 0.15) is 0 Å². The van der Waals surface area contributed by atoms with E-state index in [0.29, 0.717) is 5.56 Å². The number of carboxylic acid groups (broad SMARTS) is 2. The van der Waals surface area contributed by atoms with Crippen molar-refractivity contribution < 1.29 is 24.6 Å². The van der Waals surface area contributed by atoms with E-state index in [0.717, 1.165) is 12.5 Å². The Morgan fingerprint density at radius 2 is 1.75 bits per heavy atom. The first-order valence-corrected chi connectivity index (χ1v) is 6.24. The minimum Gasteiger partial charge on any atom is -0.479 e. The molecule has 0 spiro atoms. The van der Waals surface area contributed by atoms with Crippen molar-refractivity contribution in [2.24, 2.45) is 0 Å². The van der Waals surface area contributed by atoms with Crippen molar-refractivity contribution in [1.29, 1.82) is 0 Å². The molecule has 108 valence electrons. The van der Waals surface area contributed by atoms with E-state index >= 15 is 0 Å². The van der Waals surface area contributed by atoms with Crippen molar-refractivity contribution in [1.82, 2.24) is 5.32 Å². The molecule has 0 saturated carbocycles. The molecule has 0 aromatic heterocycles. The van der Waals surface area contributed by atoms with Crippen LogP contribution in [-0.2, 0) is 26.7 Å². The number of hydrogen-bond donors (Lipinski definition) is 3. The monoisotopic (exact) mass is 299 g/mol. The smallest absolute Gasteiger partial charge is 0.341 e. The molecule has 0 unspecified atom stereocenters. The van der Waals surface area contributed by atoms with Gasteiger partial charge in [-0.25, -0.2) is 9.59 Å². The van der Waals surface area contributed by atoms with Crippen LogP contribution in [0.1, 0.15) is 18.1 Å². The first-order valence-electron chi connectivity index (χ1n) is 5.71. The molecule has 1 aromatic rings. The third-order valence-electron chi connectivity index (χ3n) is 2.73. The molecule has 0 saturated heterocycles. The maximum atomic E-state index is 11.3. The Morgan fingerprint density at radius 1 is 1.20 bits per heavy atom. The molecule has 0 fully saturated rings. The largest absolute Gasteiger partial charge is 0.479 e. The van der Waals surface area contributed by atoms with Gasteiger partial charge < -0.3 is 15.5 Å². The number of benzene rings is 1. The molecule has 6 nitrogen and oxygen atoms in total. The van der Waals surface area contributed by atoms with Crippen LogP contribution in [0.25, 0.3) is 0 Å². The number of halogens is 1. The summed E-state index contributed by atoms with van der Waals surface area (Å²) in [5.41, 5.74) is -1.20. The Morgan fingerprint density at radius 3 is 2.20 bits per heavy atom. The van der Waals surface area contributed by atoms with Gasteiger partial charge in [-0.1, -0.05) is 24.3 Å². The predicted molar refractivity (Wildman–Crippen MR) is 71.5 cm³/mol. The number of rotatable bonds is 6. The summed E-state index contributed by atoms with van der Waals surface area (Å²) < 4.78 is 0. The van der Waals surface area contributed by atoms with Crippen molar-refractivity contribution in [3.63, 3.8) is 0 Å². The second kappa shape index (κ2) is 6.38. The van der Waals surface area contributed by atoms with Crippen LogP contribution in [-0.4, -0.2) is 33.6 Å². The number of aliphatic carboxylic acids is 2. The van der Waals surface area contributed by atoms with Gasteiger partial charge in [-0.3, -0.25) is 4.79 Å². The zero-order valence-electron chi connectivity index (χ0n) is 10.7. The van der Waals surface area contributed by atoms with Crippen molar-refractivity contribution in [3.8, 4) is 0 Å². The molecular formula is C13H14ClNO5.